The van der Waals surface area contributed by atoms with Crippen molar-refractivity contribution in [3.05, 3.63) is 69.6 Å². The molecule has 0 aliphatic rings. The molecule has 29 heavy (non-hydrogen) atoms. The number of esters is 1. The van der Waals surface area contributed by atoms with Gasteiger partial charge in [0.05, 0.1) is 11.3 Å². The summed E-state index contributed by atoms with van der Waals surface area (Å²) < 4.78 is 37.3. The highest BCUT2D eigenvalue weighted by atomic mass is 32.2. The molecule has 1 heterocycles. The van der Waals surface area contributed by atoms with Crippen molar-refractivity contribution in [2.24, 2.45) is 0 Å². The van der Waals surface area contributed by atoms with Crippen molar-refractivity contribution in [3.8, 4) is 5.75 Å². The SMILES string of the molecule is Cc1ccc(S(=O)(=O)NCCC(=O)Oc2ccc3c(C)c(C)c(=O)oc3c2)cc1. The van der Waals surface area contributed by atoms with Crippen molar-refractivity contribution in [2.75, 3.05) is 6.54 Å². The molecule has 0 amide bonds. The minimum atomic E-state index is -3.70. The number of nitrogens with one attached hydrogen (secondary N) is 1. The summed E-state index contributed by atoms with van der Waals surface area (Å²) in [7, 11) is -3.70. The Bertz CT molecular complexity index is 1230. The summed E-state index contributed by atoms with van der Waals surface area (Å²) in [6.45, 7) is 5.27. The van der Waals surface area contributed by atoms with Crippen molar-refractivity contribution in [1.29, 1.82) is 0 Å². The molecule has 3 aromatic rings. The van der Waals surface area contributed by atoms with E-state index in [4.69, 9.17) is 9.15 Å². The molecule has 1 aromatic heterocycles. The van der Waals surface area contributed by atoms with Crippen LogP contribution in [0.4, 0.5) is 0 Å². The molecule has 7 nitrogen and oxygen atoms in total. The van der Waals surface area contributed by atoms with Gasteiger partial charge >= 0.3 is 11.6 Å². The van der Waals surface area contributed by atoms with E-state index in [1.807, 2.05) is 13.8 Å². The summed E-state index contributed by atoms with van der Waals surface area (Å²) in [5, 5.41) is 0.757. The summed E-state index contributed by atoms with van der Waals surface area (Å²) >= 11 is 0. The second-order valence-corrected chi connectivity index (χ2v) is 8.50. The van der Waals surface area contributed by atoms with Gasteiger partial charge in [-0.3, -0.25) is 4.79 Å². The van der Waals surface area contributed by atoms with Crippen LogP contribution in [0, 0.1) is 20.8 Å². The zero-order valence-electron chi connectivity index (χ0n) is 16.3. The molecule has 0 saturated heterocycles. The maximum absolute atomic E-state index is 12.2. The van der Waals surface area contributed by atoms with E-state index in [9.17, 15) is 18.0 Å². The molecule has 0 saturated carbocycles. The first-order chi connectivity index (χ1) is 13.7. The number of ether oxygens (including phenoxy) is 1. The molecule has 0 unspecified atom stereocenters. The van der Waals surface area contributed by atoms with Gasteiger partial charge in [-0.1, -0.05) is 17.7 Å². The number of fused-ring (bicyclic) bond motifs is 1. The lowest BCUT2D eigenvalue weighted by atomic mass is 10.1. The molecule has 2 aromatic carbocycles. The van der Waals surface area contributed by atoms with Crippen LogP contribution in [0.5, 0.6) is 5.75 Å². The molecule has 1 N–H and O–H groups in total. The molecule has 0 radical (unpaired) electrons. The molecule has 0 aliphatic carbocycles. The second-order valence-electron chi connectivity index (χ2n) is 6.73. The standard InChI is InChI=1S/C21H21NO6S/c1-13-4-7-17(8-5-13)29(25,26)22-11-10-20(23)27-16-6-9-18-14(2)15(3)21(24)28-19(18)12-16/h4-9,12,22H,10-11H2,1-3H3. The van der Waals surface area contributed by atoms with Gasteiger partial charge in [0.15, 0.2) is 0 Å². The predicted molar refractivity (Wildman–Crippen MR) is 109 cm³/mol. The van der Waals surface area contributed by atoms with E-state index in [1.54, 1.807) is 31.2 Å². The van der Waals surface area contributed by atoms with E-state index in [0.29, 0.717) is 11.1 Å². The number of rotatable bonds is 6. The summed E-state index contributed by atoms with van der Waals surface area (Å²) in [5.74, 6) is -0.391. The van der Waals surface area contributed by atoms with Gasteiger partial charge in [0.25, 0.3) is 0 Å². The van der Waals surface area contributed by atoms with Crippen LogP contribution >= 0.6 is 0 Å². The minimum Gasteiger partial charge on any atom is -0.426 e. The lowest BCUT2D eigenvalue weighted by Gasteiger charge is -2.09. The van der Waals surface area contributed by atoms with Crippen molar-refractivity contribution < 1.29 is 22.4 Å². The maximum Gasteiger partial charge on any atom is 0.339 e. The first-order valence-electron chi connectivity index (χ1n) is 8.98. The molecule has 0 fully saturated rings. The third-order valence-electron chi connectivity index (χ3n) is 4.61. The van der Waals surface area contributed by atoms with Gasteiger partial charge in [-0.25, -0.2) is 17.9 Å². The summed E-state index contributed by atoms with van der Waals surface area (Å²) in [6, 6.07) is 11.2. The molecule has 0 spiro atoms. The number of carbonyl (C=O) groups excluding carboxylic acids is 1. The fourth-order valence-corrected chi connectivity index (χ4v) is 3.79. The summed E-state index contributed by atoms with van der Waals surface area (Å²) in [4.78, 5) is 24.0. The minimum absolute atomic E-state index is 0.101. The van der Waals surface area contributed by atoms with Gasteiger partial charge in [0.1, 0.15) is 11.3 Å². The van der Waals surface area contributed by atoms with E-state index < -0.39 is 21.6 Å². The first kappa shape index (κ1) is 20.8. The van der Waals surface area contributed by atoms with Crippen LogP contribution in [0.1, 0.15) is 23.1 Å². The monoisotopic (exact) mass is 415 g/mol. The molecular weight excluding hydrogens is 394 g/mol. The molecule has 8 heteroatoms. The normalized spacial score (nSPS) is 11.6. The largest absolute Gasteiger partial charge is 0.426 e. The maximum atomic E-state index is 12.2. The fourth-order valence-electron chi connectivity index (χ4n) is 2.76. The third-order valence-corrected chi connectivity index (χ3v) is 6.09. The highest BCUT2D eigenvalue weighted by molar-refractivity contribution is 7.89. The van der Waals surface area contributed by atoms with Crippen LogP contribution in [0.25, 0.3) is 11.0 Å². The Morgan fingerprint density at radius 1 is 1.03 bits per heavy atom. The number of aryl methyl sites for hydroxylation is 2. The van der Waals surface area contributed by atoms with Gasteiger partial charge < -0.3 is 9.15 Å². The van der Waals surface area contributed by atoms with Gasteiger partial charge in [-0.05, 0) is 50.6 Å². The number of hydrogen-bond donors (Lipinski definition) is 1. The zero-order chi connectivity index (χ0) is 21.2. The predicted octanol–water partition coefficient (Wildman–Crippen LogP) is 2.99. The summed E-state index contributed by atoms with van der Waals surface area (Å²) in [5.41, 5.74) is 2.17. The van der Waals surface area contributed by atoms with Gasteiger partial charge in [0, 0.05) is 23.6 Å². The number of hydrogen-bond acceptors (Lipinski definition) is 6. The number of benzene rings is 2. The first-order valence-corrected chi connectivity index (χ1v) is 10.5. The van der Waals surface area contributed by atoms with Crippen molar-refractivity contribution in [3.63, 3.8) is 0 Å². The topological polar surface area (TPSA) is 103 Å². The van der Waals surface area contributed by atoms with Crippen molar-refractivity contribution in [2.45, 2.75) is 32.1 Å². The average Bonchev–Trinajstić information content (AvgIpc) is 2.66. The Hall–Kier alpha value is -2.97. The van der Waals surface area contributed by atoms with Crippen LogP contribution in [0.2, 0.25) is 0 Å². The fraction of sp³-hybridized carbons (Fsp3) is 0.238. The molecular formula is C21H21NO6S. The van der Waals surface area contributed by atoms with Gasteiger partial charge in [-0.2, -0.15) is 0 Å². The van der Waals surface area contributed by atoms with E-state index in [2.05, 4.69) is 4.72 Å². The van der Waals surface area contributed by atoms with E-state index in [0.717, 1.165) is 16.5 Å². The lowest BCUT2D eigenvalue weighted by Crippen LogP contribution is -2.27. The smallest absolute Gasteiger partial charge is 0.339 e. The van der Waals surface area contributed by atoms with E-state index >= 15 is 0 Å². The van der Waals surface area contributed by atoms with Crippen molar-refractivity contribution >= 4 is 27.0 Å². The van der Waals surface area contributed by atoms with Gasteiger partial charge in [-0.15, -0.1) is 0 Å². The van der Waals surface area contributed by atoms with Crippen LogP contribution in [0.3, 0.4) is 0 Å². The van der Waals surface area contributed by atoms with Crippen molar-refractivity contribution in [1.82, 2.24) is 4.72 Å². The Labute approximate surface area is 168 Å². The Morgan fingerprint density at radius 2 is 1.72 bits per heavy atom. The Kier molecular flexibility index (Phi) is 5.86. The van der Waals surface area contributed by atoms with E-state index in [1.165, 1.54) is 18.2 Å². The van der Waals surface area contributed by atoms with Crippen LogP contribution < -0.4 is 15.1 Å². The molecule has 0 atom stereocenters. The molecule has 3 rings (SSSR count). The molecule has 152 valence electrons. The van der Waals surface area contributed by atoms with Crippen LogP contribution in [-0.2, 0) is 14.8 Å². The van der Waals surface area contributed by atoms with Crippen LogP contribution in [-0.4, -0.2) is 20.9 Å². The molecule has 0 bridgehead atoms. The van der Waals surface area contributed by atoms with Gasteiger partial charge in [0.2, 0.25) is 10.0 Å². The number of carbonyl (C=O) groups is 1. The zero-order valence-corrected chi connectivity index (χ0v) is 17.1. The highest BCUT2D eigenvalue weighted by Crippen LogP contribution is 2.24. The van der Waals surface area contributed by atoms with Crippen LogP contribution in [0.15, 0.2) is 56.6 Å². The Morgan fingerprint density at radius 3 is 2.41 bits per heavy atom. The number of sulfonamides is 1. The Balaban J connectivity index is 1.63. The lowest BCUT2D eigenvalue weighted by molar-refractivity contribution is -0.134. The average molecular weight is 415 g/mol. The third kappa shape index (κ3) is 4.72. The summed E-state index contributed by atoms with van der Waals surface area (Å²) in [6.07, 6.45) is -0.153. The quantitative estimate of drug-likeness (QED) is 0.377. The second kappa shape index (κ2) is 8.18. The molecule has 0 aliphatic heterocycles. The van der Waals surface area contributed by atoms with E-state index in [-0.39, 0.29) is 23.6 Å². The highest BCUT2D eigenvalue weighted by Gasteiger charge is 2.15.